The Balaban J connectivity index is 4.17. The van der Waals surface area contributed by atoms with Gasteiger partial charge < -0.3 is 14.2 Å². The molecule has 71 heavy (non-hydrogen) atoms. The van der Waals surface area contributed by atoms with Gasteiger partial charge in [0.15, 0.2) is 6.10 Å². The third-order valence-corrected chi connectivity index (χ3v) is 14.4. The molecule has 0 aromatic heterocycles. The topological polar surface area (TPSA) is 78.9 Å². The van der Waals surface area contributed by atoms with E-state index in [0.717, 1.165) is 70.6 Å². The van der Waals surface area contributed by atoms with Gasteiger partial charge in [0.05, 0.1) is 0 Å². The largest absolute Gasteiger partial charge is 0.462 e. The van der Waals surface area contributed by atoms with Crippen LogP contribution in [0.3, 0.4) is 0 Å². The van der Waals surface area contributed by atoms with E-state index in [1.165, 1.54) is 244 Å². The van der Waals surface area contributed by atoms with Crippen molar-refractivity contribution in [2.24, 2.45) is 0 Å². The van der Waals surface area contributed by atoms with Crippen molar-refractivity contribution in [2.75, 3.05) is 13.2 Å². The quantitative estimate of drug-likeness (QED) is 0.0261. The molecule has 0 aliphatic carbocycles. The van der Waals surface area contributed by atoms with Gasteiger partial charge in [-0.25, -0.2) is 0 Å². The zero-order valence-corrected chi connectivity index (χ0v) is 48.0. The van der Waals surface area contributed by atoms with E-state index < -0.39 is 6.10 Å². The highest BCUT2D eigenvalue weighted by Crippen LogP contribution is 2.18. The van der Waals surface area contributed by atoms with Crippen LogP contribution in [0, 0.1) is 0 Å². The molecule has 418 valence electrons. The maximum Gasteiger partial charge on any atom is 0.306 e. The molecule has 0 fully saturated rings. The number of hydrogen-bond donors (Lipinski definition) is 0. The van der Waals surface area contributed by atoms with Crippen molar-refractivity contribution in [1.29, 1.82) is 0 Å². The van der Waals surface area contributed by atoms with E-state index in [0.29, 0.717) is 19.3 Å². The minimum atomic E-state index is -0.773. The summed E-state index contributed by atoms with van der Waals surface area (Å²) in [7, 11) is 0. The fraction of sp³-hybridized carbons (Fsp3) is 0.892. The molecule has 0 aromatic rings. The van der Waals surface area contributed by atoms with Gasteiger partial charge in [0.1, 0.15) is 13.2 Å². The van der Waals surface area contributed by atoms with Gasteiger partial charge in [0, 0.05) is 19.3 Å². The van der Waals surface area contributed by atoms with Crippen LogP contribution < -0.4 is 0 Å². The van der Waals surface area contributed by atoms with Crippen LogP contribution in [-0.4, -0.2) is 37.2 Å². The van der Waals surface area contributed by atoms with Crippen LogP contribution in [0.5, 0.6) is 0 Å². The first-order chi connectivity index (χ1) is 35.0. The first-order valence-corrected chi connectivity index (χ1v) is 31.8. The summed E-state index contributed by atoms with van der Waals surface area (Å²) in [5, 5.41) is 0. The van der Waals surface area contributed by atoms with Crippen molar-refractivity contribution >= 4 is 17.9 Å². The molecule has 0 aliphatic heterocycles. The van der Waals surface area contributed by atoms with Crippen molar-refractivity contribution < 1.29 is 28.6 Å². The van der Waals surface area contributed by atoms with Crippen LogP contribution in [0.4, 0.5) is 0 Å². The van der Waals surface area contributed by atoms with E-state index >= 15 is 0 Å². The molecule has 0 bridgehead atoms. The molecular formula is C65H122O6. The first kappa shape index (κ1) is 68.9. The van der Waals surface area contributed by atoms with E-state index in [2.05, 4.69) is 45.1 Å². The average molecular weight is 1000 g/mol. The van der Waals surface area contributed by atoms with Crippen molar-refractivity contribution in [3.63, 3.8) is 0 Å². The number of unbranched alkanes of at least 4 members (excludes halogenated alkanes) is 44. The van der Waals surface area contributed by atoms with Gasteiger partial charge in [-0.1, -0.05) is 295 Å². The average Bonchev–Trinajstić information content (AvgIpc) is 3.37. The third-order valence-electron chi connectivity index (χ3n) is 14.4. The fourth-order valence-corrected chi connectivity index (χ4v) is 9.62. The number of carbonyl (C=O) groups is 3. The van der Waals surface area contributed by atoms with Gasteiger partial charge in [0.25, 0.3) is 0 Å². The lowest BCUT2D eigenvalue weighted by Gasteiger charge is -2.18. The smallest absolute Gasteiger partial charge is 0.306 e. The Morgan fingerprint density at radius 1 is 0.268 bits per heavy atom. The lowest BCUT2D eigenvalue weighted by Crippen LogP contribution is -2.30. The maximum absolute atomic E-state index is 12.9. The summed E-state index contributed by atoms with van der Waals surface area (Å²) in [5.41, 5.74) is 0. The Morgan fingerprint density at radius 3 is 0.761 bits per heavy atom. The highest BCUT2D eigenvalue weighted by Gasteiger charge is 2.19. The fourth-order valence-electron chi connectivity index (χ4n) is 9.62. The molecule has 6 nitrogen and oxygen atoms in total. The van der Waals surface area contributed by atoms with Gasteiger partial charge in [-0.15, -0.1) is 0 Å². The van der Waals surface area contributed by atoms with Crippen LogP contribution >= 0.6 is 0 Å². The number of carbonyl (C=O) groups excluding carboxylic acids is 3. The summed E-state index contributed by atoms with van der Waals surface area (Å²) in [4.78, 5) is 38.2. The Morgan fingerprint density at radius 2 is 0.493 bits per heavy atom. The molecule has 1 atom stereocenters. The summed E-state index contributed by atoms with van der Waals surface area (Å²) in [5.74, 6) is -0.864. The summed E-state index contributed by atoms with van der Waals surface area (Å²) in [6.07, 6.45) is 72.0. The normalized spacial score (nSPS) is 12.1. The predicted molar refractivity (Wildman–Crippen MR) is 307 cm³/mol. The van der Waals surface area contributed by atoms with Crippen LogP contribution in [0.25, 0.3) is 0 Å². The molecule has 0 saturated heterocycles. The Kier molecular flexibility index (Phi) is 58.6. The Hall–Kier alpha value is -2.11. The van der Waals surface area contributed by atoms with E-state index in [9.17, 15) is 14.4 Å². The van der Waals surface area contributed by atoms with Gasteiger partial charge in [-0.3, -0.25) is 14.4 Å². The zero-order valence-electron chi connectivity index (χ0n) is 48.0. The Labute approximate surface area is 443 Å². The molecule has 0 spiro atoms. The van der Waals surface area contributed by atoms with E-state index in [4.69, 9.17) is 14.2 Å². The SMILES string of the molecule is CCC/C=C\CCCCCCCC(=O)OCC(COC(=O)CCCCCCCCCCCCCCCCCCCCCCCCCCC)OC(=O)CCCCCCCCC/C=C\CCCCCCCCC. The number of ether oxygens (including phenoxy) is 3. The van der Waals surface area contributed by atoms with Crippen molar-refractivity contribution in [2.45, 2.75) is 361 Å². The van der Waals surface area contributed by atoms with Crippen molar-refractivity contribution in [1.82, 2.24) is 0 Å². The second-order valence-corrected chi connectivity index (χ2v) is 21.7. The minimum absolute atomic E-state index is 0.0711. The molecule has 0 aromatic carbocycles. The minimum Gasteiger partial charge on any atom is -0.462 e. The highest BCUT2D eigenvalue weighted by atomic mass is 16.6. The van der Waals surface area contributed by atoms with Gasteiger partial charge in [0.2, 0.25) is 0 Å². The standard InChI is InChI=1S/C65H122O6/c1-4-7-10-13-16-19-22-24-26-28-30-31-32-33-34-35-36-38-39-41-43-46-49-52-55-58-64(67)70-61-62(60-69-63(66)57-54-51-48-45-21-18-15-12-9-6-3)71-65(68)59-56-53-50-47-44-42-40-37-29-27-25-23-20-17-14-11-8-5-2/h12,15,27,29,62H,4-11,13-14,16-26,28,30-61H2,1-3H3/b15-12-,29-27-. The van der Waals surface area contributed by atoms with Crippen LogP contribution in [0.2, 0.25) is 0 Å². The van der Waals surface area contributed by atoms with Gasteiger partial charge in [-0.05, 0) is 64.2 Å². The zero-order chi connectivity index (χ0) is 51.4. The molecule has 0 aliphatic rings. The third kappa shape index (κ3) is 58.7. The summed E-state index contributed by atoms with van der Waals surface area (Å²) in [6, 6.07) is 0. The molecular weight excluding hydrogens is 877 g/mol. The molecule has 0 rings (SSSR count). The van der Waals surface area contributed by atoms with Crippen molar-refractivity contribution in [3.05, 3.63) is 24.3 Å². The molecule has 6 heteroatoms. The lowest BCUT2D eigenvalue weighted by atomic mass is 10.0. The summed E-state index contributed by atoms with van der Waals surface area (Å²) in [6.45, 7) is 6.63. The maximum atomic E-state index is 12.9. The highest BCUT2D eigenvalue weighted by molar-refractivity contribution is 5.71. The van der Waals surface area contributed by atoms with Gasteiger partial charge in [-0.2, -0.15) is 0 Å². The van der Waals surface area contributed by atoms with E-state index in [-0.39, 0.29) is 31.1 Å². The van der Waals surface area contributed by atoms with Crippen LogP contribution in [0.15, 0.2) is 24.3 Å². The second kappa shape index (κ2) is 60.4. The summed E-state index contributed by atoms with van der Waals surface area (Å²) >= 11 is 0. The van der Waals surface area contributed by atoms with Crippen LogP contribution in [0.1, 0.15) is 355 Å². The number of esters is 3. The lowest BCUT2D eigenvalue weighted by molar-refractivity contribution is -0.167. The monoisotopic (exact) mass is 999 g/mol. The molecule has 0 saturated carbocycles. The number of allylic oxidation sites excluding steroid dienone is 4. The predicted octanol–water partition coefficient (Wildman–Crippen LogP) is 21.4. The number of rotatable bonds is 59. The van der Waals surface area contributed by atoms with E-state index in [1.54, 1.807) is 0 Å². The molecule has 0 amide bonds. The Bertz CT molecular complexity index is 1150. The van der Waals surface area contributed by atoms with Gasteiger partial charge >= 0.3 is 17.9 Å². The number of hydrogen-bond acceptors (Lipinski definition) is 6. The first-order valence-electron chi connectivity index (χ1n) is 31.8. The molecule has 1 unspecified atom stereocenters. The molecule has 0 N–H and O–H groups in total. The summed E-state index contributed by atoms with van der Waals surface area (Å²) < 4.78 is 16.9. The molecule has 0 radical (unpaired) electrons. The molecule has 0 heterocycles. The van der Waals surface area contributed by atoms with Crippen LogP contribution in [-0.2, 0) is 28.6 Å². The van der Waals surface area contributed by atoms with E-state index in [1.807, 2.05) is 0 Å². The second-order valence-electron chi connectivity index (χ2n) is 21.7. The van der Waals surface area contributed by atoms with Crippen molar-refractivity contribution in [3.8, 4) is 0 Å².